The van der Waals surface area contributed by atoms with Gasteiger partial charge >= 0.3 is 0 Å². The Kier molecular flexibility index (Phi) is 5.49. The van der Waals surface area contributed by atoms with Crippen molar-refractivity contribution in [3.05, 3.63) is 54.6 Å². The molecule has 2 aromatic carbocycles. The predicted molar refractivity (Wildman–Crippen MR) is 107 cm³/mol. The van der Waals surface area contributed by atoms with E-state index < -0.39 is 5.41 Å². The van der Waals surface area contributed by atoms with Crippen LogP contribution in [0.5, 0.6) is 5.75 Å². The maximum absolute atomic E-state index is 13.2. The predicted octanol–water partition coefficient (Wildman–Crippen LogP) is 4.25. The fraction of sp³-hybridized carbons (Fsp3) is 0.364. The Morgan fingerprint density at radius 3 is 2.30 bits per heavy atom. The summed E-state index contributed by atoms with van der Waals surface area (Å²) in [6.45, 7) is 6.31. The molecule has 5 nitrogen and oxygen atoms in total. The first-order valence-corrected chi connectivity index (χ1v) is 9.42. The summed E-state index contributed by atoms with van der Waals surface area (Å²) >= 11 is 0. The molecule has 142 valence electrons. The highest BCUT2D eigenvalue weighted by molar-refractivity contribution is 6.17. The van der Waals surface area contributed by atoms with Crippen molar-refractivity contribution in [3.8, 4) is 5.75 Å². The van der Waals surface area contributed by atoms with Crippen molar-refractivity contribution < 1.29 is 14.3 Å². The van der Waals surface area contributed by atoms with Crippen LogP contribution in [0.2, 0.25) is 0 Å². The lowest BCUT2D eigenvalue weighted by atomic mass is 10.0. The van der Waals surface area contributed by atoms with Gasteiger partial charge in [-0.15, -0.1) is 0 Å². The van der Waals surface area contributed by atoms with Crippen LogP contribution in [0.15, 0.2) is 54.6 Å². The molecule has 1 saturated carbocycles. The van der Waals surface area contributed by atoms with Gasteiger partial charge in [-0.2, -0.15) is 0 Å². The van der Waals surface area contributed by atoms with Gasteiger partial charge in [0.25, 0.3) is 0 Å². The molecule has 0 radical (unpaired) electrons. The lowest BCUT2D eigenvalue weighted by molar-refractivity contribution is -0.132. The topological polar surface area (TPSA) is 58.6 Å². The Balaban J connectivity index is 1.80. The molecule has 1 N–H and O–H groups in total. The van der Waals surface area contributed by atoms with Gasteiger partial charge in [-0.1, -0.05) is 30.3 Å². The van der Waals surface area contributed by atoms with E-state index in [0.29, 0.717) is 30.8 Å². The fourth-order valence-corrected chi connectivity index (χ4v) is 3.14. The van der Waals surface area contributed by atoms with E-state index in [1.165, 1.54) is 0 Å². The molecule has 0 heterocycles. The molecule has 27 heavy (non-hydrogen) atoms. The number of hydrogen-bond donors (Lipinski definition) is 1. The van der Waals surface area contributed by atoms with Crippen LogP contribution in [0.25, 0.3) is 0 Å². The number of benzene rings is 2. The molecule has 1 aliphatic rings. The summed E-state index contributed by atoms with van der Waals surface area (Å²) in [5.74, 6) is 0.206. The number of hydrogen-bond acceptors (Lipinski definition) is 3. The monoisotopic (exact) mass is 366 g/mol. The van der Waals surface area contributed by atoms with Gasteiger partial charge in [0.15, 0.2) is 0 Å². The minimum absolute atomic E-state index is 0.00627. The standard InChI is InChI=1S/C22H26N2O3/c1-4-24(17-10-6-5-7-11-17)21(26)22(14-15-22)20(25)23-18-12-8-9-13-19(18)27-16(2)3/h5-13,16H,4,14-15H2,1-3H3,(H,23,25). The molecule has 0 aliphatic heterocycles. The first-order chi connectivity index (χ1) is 13.0. The highest BCUT2D eigenvalue weighted by Gasteiger charge is 2.58. The Bertz CT molecular complexity index is 813. The number of anilines is 2. The molecular formula is C22H26N2O3. The maximum Gasteiger partial charge on any atom is 0.242 e. The summed E-state index contributed by atoms with van der Waals surface area (Å²) in [6, 6.07) is 16.8. The number of nitrogens with one attached hydrogen (secondary N) is 1. The highest BCUT2D eigenvalue weighted by Crippen LogP contribution is 2.49. The van der Waals surface area contributed by atoms with Crippen molar-refractivity contribution in [2.75, 3.05) is 16.8 Å². The number of para-hydroxylation sites is 3. The maximum atomic E-state index is 13.2. The molecule has 0 aromatic heterocycles. The van der Waals surface area contributed by atoms with E-state index >= 15 is 0 Å². The van der Waals surface area contributed by atoms with Gasteiger partial charge in [0.1, 0.15) is 11.2 Å². The van der Waals surface area contributed by atoms with Crippen molar-refractivity contribution in [2.45, 2.75) is 39.7 Å². The zero-order chi connectivity index (χ0) is 19.4. The van der Waals surface area contributed by atoms with Crippen LogP contribution in [0.1, 0.15) is 33.6 Å². The molecule has 1 fully saturated rings. The van der Waals surface area contributed by atoms with Gasteiger partial charge in [-0.05, 0) is 57.9 Å². The van der Waals surface area contributed by atoms with E-state index in [0.717, 1.165) is 5.69 Å². The second-order valence-corrected chi connectivity index (χ2v) is 7.08. The number of ether oxygens (including phenoxy) is 1. The van der Waals surface area contributed by atoms with E-state index in [1.54, 1.807) is 11.0 Å². The molecular weight excluding hydrogens is 340 g/mol. The average Bonchev–Trinajstić information content (AvgIpc) is 3.46. The van der Waals surface area contributed by atoms with E-state index in [1.807, 2.05) is 69.3 Å². The van der Waals surface area contributed by atoms with Crippen molar-refractivity contribution >= 4 is 23.2 Å². The van der Waals surface area contributed by atoms with E-state index in [4.69, 9.17) is 4.74 Å². The number of carbonyl (C=O) groups is 2. The van der Waals surface area contributed by atoms with Gasteiger partial charge < -0.3 is 15.0 Å². The second kappa shape index (κ2) is 7.82. The van der Waals surface area contributed by atoms with Gasteiger partial charge in [0, 0.05) is 12.2 Å². The van der Waals surface area contributed by atoms with Crippen LogP contribution < -0.4 is 15.0 Å². The van der Waals surface area contributed by atoms with Gasteiger partial charge in [-0.3, -0.25) is 9.59 Å². The summed E-state index contributed by atoms with van der Waals surface area (Å²) in [5, 5.41) is 2.92. The lowest BCUT2D eigenvalue weighted by Crippen LogP contribution is -2.43. The number of carbonyl (C=O) groups excluding carboxylic acids is 2. The lowest BCUT2D eigenvalue weighted by Gasteiger charge is -2.26. The quantitative estimate of drug-likeness (QED) is 0.746. The number of nitrogens with zero attached hydrogens (tertiary/aromatic N) is 1. The van der Waals surface area contributed by atoms with Gasteiger partial charge in [0.2, 0.25) is 11.8 Å². The molecule has 0 atom stereocenters. The largest absolute Gasteiger partial charge is 0.489 e. The highest BCUT2D eigenvalue weighted by atomic mass is 16.5. The van der Waals surface area contributed by atoms with Crippen molar-refractivity contribution in [1.82, 2.24) is 0 Å². The zero-order valence-corrected chi connectivity index (χ0v) is 16.1. The van der Waals surface area contributed by atoms with Gasteiger partial charge in [0.05, 0.1) is 11.8 Å². The summed E-state index contributed by atoms with van der Waals surface area (Å²) in [7, 11) is 0. The van der Waals surface area contributed by atoms with Crippen molar-refractivity contribution in [3.63, 3.8) is 0 Å². The SMILES string of the molecule is CCN(C(=O)C1(C(=O)Nc2ccccc2OC(C)C)CC1)c1ccccc1. The number of rotatable bonds is 7. The molecule has 2 aromatic rings. The Morgan fingerprint density at radius 1 is 1.07 bits per heavy atom. The fourth-order valence-electron chi connectivity index (χ4n) is 3.14. The smallest absolute Gasteiger partial charge is 0.242 e. The van der Waals surface area contributed by atoms with Crippen molar-refractivity contribution in [2.24, 2.45) is 5.41 Å². The van der Waals surface area contributed by atoms with Crippen LogP contribution >= 0.6 is 0 Å². The minimum atomic E-state index is -0.989. The summed E-state index contributed by atoms with van der Waals surface area (Å²) < 4.78 is 5.77. The third-order valence-corrected chi connectivity index (χ3v) is 4.72. The molecule has 5 heteroatoms. The first-order valence-electron chi connectivity index (χ1n) is 9.42. The molecule has 0 spiro atoms. The molecule has 2 amide bonds. The van der Waals surface area contributed by atoms with Crippen LogP contribution in [-0.4, -0.2) is 24.5 Å². The summed E-state index contributed by atoms with van der Waals surface area (Å²) in [5.41, 5.74) is 0.419. The molecule has 3 rings (SSSR count). The van der Waals surface area contributed by atoms with Crippen LogP contribution in [0.3, 0.4) is 0 Å². The number of amides is 2. The van der Waals surface area contributed by atoms with Crippen LogP contribution in [0, 0.1) is 5.41 Å². The van der Waals surface area contributed by atoms with Crippen molar-refractivity contribution in [1.29, 1.82) is 0 Å². The Labute approximate surface area is 160 Å². The van der Waals surface area contributed by atoms with E-state index in [2.05, 4.69) is 5.32 Å². The Morgan fingerprint density at radius 2 is 1.70 bits per heavy atom. The third-order valence-electron chi connectivity index (χ3n) is 4.72. The Hall–Kier alpha value is -2.82. The van der Waals surface area contributed by atoms with E-state index in [9.17, 15) is 9.59 Å². The van der Waals surface area contributed by atoms with Crippen LogP contribution in [0.4, 0.5) is 11.4 Å². The molecule has 0 saturated heterocycles. The summed E-state index contributed by atoms with van der Waals surface area (Å²) in [4.78, 5) is 27.9. The molecule has 1 aliphatic carbocycles. The average molecular weight is 366 g/mol. The normalized spacial score (nSPS) is 14.5. The van der Waals surface area contributed by atoms with E-state index in [-0.39, 0.29) is 17.9 Å². The molecule has 0 unspecified atom stereocenters. The first kappa shape index (κ1) is 19.0. The molecule has 0 bridgehead atoms. The van der Waals surface area contributed by atoms with Gasteiger partial charge in [-0.25, -0.2) is 0 Å². The third kappa shape index (κ3) is 3.97. The minimum Gasteiger partial charge on any atom is -0.489 e. The van der Waals surface area contributed by atoms with Crippen LogP contribution in [-0.2, 0) is 9.59 Å². The second-order valence-electron chi connectivity index (χ2n) is 7.08. The zero-order valence-electron chi connectivity index (χ0n) is 16.1. The summed E-state index contributed by atoms with van der Waals surface area (Å²) in [6.07, 6.45) is 1.12.